The molecule has 3 heterocycles. The Morgan fingerprint density at radius 3 is 2.42 bits per heavy atom. The van der Waals surface area contributed by atoms with Crippen molar-refractivity contribution in [2.45, 2.75) is 23.7 Å². The fraction of sp³-hybridized carbons (Fsp3) is 0.0833. The summed E-state index contributed by atoms with van der Waals surface area (Å²) in [6.07, 6.45) is -4.75. The topological polar surface area (TPSA) is 79.1 Å². The summed E-state index contributed by atoms with van der Waals surface area (Å²) in [5.41, 5.74) is 2.11. The summed E-state index contributed by atoms with van der Waals surface area (Å²) < 4.78 is 47.5. The van der Waals surface area contributed by atoms with E-state index in [2.05, 4.69) is 9.72 Å². The minimum Gasteiger partial charge on any atom is -0.409 e. The van der Waals surface area contributed by atoms with Crippen molar-refractivity contribution in [2.75, 3.05) is 0 Å². The molecule has 0 atom stereocenters. The van der Waals surface area contributed by atoms with Crippen LogP contribution in [-0.2, 0) is 4.79 Å². The van der Waals surface area contributed by atoms with E-state index in [1.54, 1.807) is 10.1 Å². The molecule has 0 unspecified atom stereocenters. The van der Waals surface area contributed by atoms with Crippen molar-refractivity contribution >= 4 is 40.6 Å². The molecule has 0 amide bonds. The van der Waals surface area contributed by atoms with Crippen molar-refractivity contribution < 1.29 is 27.4 Å². The minimum atomic E-state index is -4.75. The highest BCUT2D eigenvalue weighted by Gasteiger charge is 2.31. The molecule has 0 aliphatic rings. The van der Waals surface area contributed by atoms with Gasteiger partial charge in [-0.1, -0.05) is 60.9 Å². The van der Waals surface area contributed by atoms with Crippen LogP contribution in [0, 0.1) is 0 Å². The largest absolute Gasteiger partial charge is 0.573 e. The van der Waals surface area contributed by atoms with Gasteiger partial charge in [0.1, 0.15) is 16.5 Å². The standard InChI is InChI=1S/C23H13F3N4O3S2.CH4/c24-23(25,26)33-15-6-8-16(9-7-15)35-19-11-10-17-20(14-4-2-1-3-5-14)29-30(21(17)28-19)22-27-18(12-34-22)32-13-31;/h1-13H;1H4. The molecule has 0 aliphatic carbocycles. The average Bonchev–Trinajstić information content (AvgIpc) is 3.45. The fourth-order valence-corrected chi connectivity index (χ4v) is 4.73. The van der Waals surface area contributed by atoms with Gasteiger partial charge in [0.15, 0.2) is 5.65 Å². The number of fused-ring (bicyclic) bond motifs is 1. The molecule has 3 aromatic heterocycles. The van der Waals surface area contributed by atoms with E-state index < -0.39 is 6.36 Å². The fourth-order valence-electron chi connectivity index (χ4n) is 3.26. The molecule has 0 radical (unpaired) electrons. The maximum atomic E-state index is 12.4. The quantitative estimate of drug-likeness (QED) is 0.215. The molecule has 0 spiro atoms. The zero-order valence-electron chi connectivity index (χ0n) is 17.5. The summed E-state index contributed by atoms with van der Waals surface area (Å²) in [5.74, 6) is -0.149. The second-order valence-electron chi connectivity index (χ2n) is 6.95. The van der Waals surface area contributed by atoms with Crippen LogP contribution in [0.3, 0.4) is 0 Å². The van der Waals surface area contributed by atoms with Crippen LogP contribution >= 0.6 is 23.1 Å². The van der Waals surface area contributed by atoms with Crippen LogP contribution in [-0.4, -0.2) is 32.6 Å². The number of nitrogens with zero attached hydrogens (tertiary/aromatic N) is 4. The molecule has 0 aliphatic heterocycles. The number of carbonyl (C=O) groups excluding carboxylic acids is 1. The normalized spacial score (nSPS) is 11.2. The summed E-state index contributed by atoms with van der Waals surface area (Å²) in [6, 6.07) is 18.8. The van der Waals surface area contributed by atoms with Gasteiger partial charge in [0, 0.05) is 15.8 Å². The lowest BCUT2D eigenvalue weighted by Gasteiger charge is -2.09. The van der Waals surface area contributed by atoms with Crippen molar-refractivity contribution in [3.8, 4) is 28.0 Å². The lowest BCUT2D eigenvalue weighted by atomic mass is 10.1. The number of benzene rings is 2. The van der Waals surface area contributed by atoms with E-state index in [9.17, 15) is 18.0 Å². The van der Waals surface area contributed by atoms with E-state index in [1.807, 2.05) is 42.5 Å². The Labute approximate surface area is 211 Å². The zero-order chi connectivity index (χ0) is 24.4. The third kappa shape index (κ3) is 5.50. The Morgan fingerprint density at radius 1 is 0.972 bits per heavy atom. The molecule has 7 nitrogen and oxygen atoms in total. The predicted octanol–water partition coefficient (Wildman–Crippen LogP) is 6.77. The zero-order valence-corrected chi connectivity index (χ0v) is 19.1. The van der Waals surface area contributed by atoms with Crippen molar-refractivity contribution in [2.24, 2.45) is 0 Å². The summed E-state index contributed by atoms with van der Waals surface area (Å²) in [4.78, 5) is 20.4. The Bertz CT molecular complexity index is 1490. The second-order valence-corrected chi connectivity index (χ2v) is 8.88. The third-order valence-electron chi connectivity index (χ3n) is 4.65. The maximum Gasteiger partial charge on any atom is 0.573 e. The first-order chi connectivity index (χ1) is 16.9. The molecular formula is C24H17F3N4O3S2. The van der Waals surface area contributed by atoms with Crippen molar-refractivity contribution in [3.63, 3.8) is 0 Å². The highest BCUT2D eigenvalue weighted by molar-refractivity contribution is 7.99. The van der Waals surface area contributed by atoms with Gasteiger partial charge in [-0.15, -0.1) is 13.2 Å². The number of hydrogen-bond donors (Lipinski definition) is 0. The molecule has 36 heavy (non-hydrogen) atoms. The molecular weight excluding hydrogens is 513 g/mol. The Kier molecular flexibility index (Phi) is 7.27. The molecule has 0 N–H and O–H groups in total. The van der Waals surface area contributed by atoms with Crippen LogP contribution < -0.4 is 9.47 Å². The van der Waals surface area contributed by atoms with E-state index >= 15 is 0 Å². The van der Waals surface area contributed by atoms with E-state index in [0.717, 1.165) is 10.9 Å². The van der Waals surface area contributed by atoms with Gasteiger partial charge in [0.25, 0.3) is 6.47 Å². The summed E-state index contributed by atoms with van der Waals surface area (Å²) in [6.45, 7) is 0.299. The molecule has 0 saturated carbocycles. The van der Waals surface area contributed by atoms with Gasteiger partial charge in [-0.25, -0.2) is 4.98 Å². The number of rotatable bonds is 7. The van der Waals surface area contributed by atoms with Crippen molar-refractivity contribution in [1.82, 2.24) is 19.7 Å². The lowest BCUT2D eigenvalue weighted by Crippen LogP contribution is -2.16. The van der Waals surface area contributed by atoms with Crippen molar-refractivity contribution in [1.29, 1.82) is 0 Å². The van der Waals surface area contributed by atoms with Gasteiger partial charge in [0.2, 0.25) is 11.0 Å². The van der Waals surface area contributed by atoms with Crippen LogP contribution in [0.25, 0.3) is 27.4 Å². The van der Waals surface area contributed by atoms with E-state index in [4.69, 9.17) is 14.8 Å². The average molecular weight is 531 g/mol. The molecule has 12 heteroatoms. The highest BCUT2D eigenvalue weighted by atomic mass is 32.2. The number of hydrogen-bond acceptors (Lipinski definition) is 8. The van der Waals surface area contributed by atoms with Gasteiger partial charge in [0.05, 0.1) is 5.38 Å². The van der Waals surface area contributed by atoms with E-state index in [0.29, 0.717) is 32.9 Å². The number of thiazole rings is 1. The molecule has 0 saturated heterocycles. The first kappa shape index (κ1) is 25.2. The second kappa shape index (κ2) is 10.4. The first-order valence-electron chi connectivity index (χ1n) is 9.95. The van der Waals surface area contributed by atoms with Crippen LogP contribution in [0.15, 0.2) is 82.0 Å². The Balaban J connectivity index is 0.00000304. The van der Waals surface area contributed by atoms with E-state index in [1.165, 1.54) is 47.4 Å². The van der Waals surface area contributed by atoms with Gasteiger partial charge < -0.3 is 9.47 Å². The number of carbonyl (C=O) groups is 1. The Morgan fingerprint density at radius 2 is 1.72 bits per heavy atom. The number of ether oxygens (including phenoxy) is 2. The number of aromatic nitrogens is 4. The van der Waals surface area contributed by atoms with Crippen LogP contribution in [0.4, 0.5) is 13.2 Å². The summed E-state index contributed by atoms with van der Waals surface area (Å²) in [7, 11) is 0. The maximum absolute atomic E-state index is 12.4. The molecule has 0 fully saturated rings. The Hall–Kier alpha value is -3.90. The smallest absolute Gasteiger partial charge is 0.409 e. The van der Waals surface area contributed by atoms with Gasteiger partial charge in [-0.2, -0.15) is 14.8 Å². The van der Waals surface area contributed by atoms with Crippen LogP contribution in [0.2, 0.25) is 0 Å². The predicted molar refractivity (Wildman–Crippen MR) is 131 cm³/mol. The molecule has 0 bridgehead atoms. The third-order valence-corrected chi connectivity index (χ3v) is 6.39. The number of pyridine rings is 1. The lowest BCUT2D eigenvalue weighted by molar-refractivity contribution is -0.274. The highest BCUT2D eigenvalue weighted by Crippen LogP contribution is 2.34. The van der Waals surface area contributed by atoms with Gasteiger partial charge >= 0.3 is 6.36 Å². The first-order valence-corrected chi connectivity index (χ1v) is 11.6. The molecule has 5 aromatic rings. The van der Waals surface area contributed by atoms with Gasteiger partial charge in [-0.05, 0) is 36.4 Å². The monoisotopic (exact) mass is 530 g/mol. The van der Waals surface area contributed by atoms with Gasteiger partial charge in [-0.3, -0.25) is 4.79 Å². The molecule has 2 aromatic carbocycles. The number of halogens is 3. The van der Waals surface area contributed by atoms with E-state index in [-0.39, 0.29) is 19.1 Å². The summed E-state index contributed by atoms with van der Waals surface area (Å²) >= 11 is 2.51. The summed E-state index contributed by atoms with van der Waals surface area (Å²) in [5, 5.41) is 8.15. The minimum absolute atomic E-state index is 0. The van der Waals surface area contributed by atoms with Crippen molar-refractivity contribution in [3.05, 3.63) is 72.1 Å². The van der Waals surface area contributed by atoms with Crippen LogP contribution in [0.5, 0.6) is 11.6 Å². The molecule has 5 rings (SSSR count). The van der Waals surface area contributed by atoms with Crippen LogP contribution in [0.1, 0.15) is 7.43 Å². The SMILES string of the molecule is C.O=COc1csc(-n2nc(-c3ccccc3)c3ccc(Sc4ccc(OC(F)(F)F)cc4)nc32)n1. The number of alkyl halides is 3. The molecule has 184 valence electrons.